The Morgan fingerprint density at radius 1 is 1.47 bits per heavy atom. The second-order valence-corrected chi connectivity index (χ2v) is 4.41. The molecule has 0 fully saturated rings. The van der Waals surface area contributed by atoms with Crippen LogP contribution in [0.2, 0.25) is 0 Å². The zero-order valence-electron chi connectivity index (χ0n) is 8.81. The summed E-state index contributed by atoms with van der Waals surface area (Å²) in [6.07, 6.45) is 5.01. The van der Waals surface area contributed by atoms with Crippen LogP contribution in [0, 0.1) is 15.9 Å². The Morgan fingerprint density at radius 3 is 2.65 bits per heavy atom. The summed E-state index contributed by atoms with van der Waals surface area (Å²) in [6.45, 7) is 0. The van der Waals surface area contributed by atoms with Gasteiger partial charge in [-0.1, -0.05) is 12.1 Å². The molecule has 0 heterocycles. The standard InChI is InChI=1S/C12H10INO3/c1-2-5-10(12(16)17)14-11(15)8-6-3-4-7-9(8)13/h1,3-4,6-7,10H,5H2,(H,14,15)(H,16,17). The van der Waals surface area contributed by atoms with E-state index in [1.165, 1.54) is 0 Å². The minimum absolute atomic E-state index is 0.0372. The van der Waals surface area contributed by atoms with Gasteiger partial charge in [0, 0.05) is 9.99 Å². The predicted octanol–water partition coefficient (Wildman–Crippen LogP) is 1.50. The third kappa shape index (κ3) is 3.75. The van der Waals surface area contributed by atoms with E-state index in [0.29, 0.717) is 5.56 Å². The van der Waals surface area contributed by atoms with E-state index in [-0.39, 0.29) is 6.42 Å². The van der Waals surface area contributed by atoms with Gasteiger partial charge in [-0.05, 0) is 34.7 Å². The molecule has 17 heavy (non-hydrogen) atoms. The summed E-state index contributed by atoms with van der Waals surface area (Å²) in [5, 5.41) is 11.2. The molecule has 1 amide bonds. The topological polar surface area (TPSA) is 66.4 Å². The van der Waals surface area contributed by atoms with Gasteiger partial charge in [0.05, 0.1) is 5.56 Å². The van der Waals surface area contributed by atoms with Crippen molar-refractivity contribution < 1.29 is 14.7 Å². The number of carbonyl (C=O) groups is 2. The molecular weight excluding hydrogens is 333 g/mol. The monoisotopic (exact) mass is 343 g/mol. The third-order valence-electron chi connectivity index (χ3n) is 2.04. The lowest BCUT2D eigenvalue weighted by molar-refractivity contribution is -0.139. The smallest absolute Gasteiger partial charge is 0.327 e. The molecule has 4 nitrogen and oxygen atoms in total. The van der Waals surface area contributed by atoms with E-state index in [1.807, 2.05) is 22.6 Å². The lowest BCUT2D eigenvalue weighted by Crippen LogP contribution is -2.40. The number of terminal acetylenes is 1. The van der Waals surface area contributed by atoms with Gasteiger partial charge in [-0.15, -0.1) is 12.3 Å². The van der Waals surface area contributed by atoms with Crippen molar-refractivity contribution in [3.05, 3.63) is 33.4 Å². The van der Waals surface area contributed by atoms with Crippen molar-refractivity contribution >= 4 is 34.5 Å². The highest BCUT2D eigenvalue weighted by Gasteiger charge is 2.20. The van der Waals surface area contributed by atoms with Crippen LogP contribution < -0.4 is 5.32 Å². The molecule has 0 aromatic heterocycles. The Labute approximate surface area is 113 Å². The molecule has 0 aliphatic carbocycles. The summed E-state index contributed by atoms with van der Waals surface area (Å²) in [7, 11) is 0. The summed E-state index contributed by atoms with van der Waals surface area (Å²) < 4.78 is 0.757. The second-order valence-electron chi connectivity index (χ2n) is 3.25. The number of hydrogen-bond acceptors (Lipinski definition) is 2. The number of nitrogens with one attached hydrogen (secondary N) is 1. The predicted molar refractivity (Wildman–Crippen MR) is 71.5 cm³/mol. The number of aliphatic carboxylic acids is 1. The van der Waals surface area contributed by atoms with Crippen molar-refractivity contribution in [2.45, 2.75) is 12.5 Å². The van der Waals surface area contributed by atoms with Crippen LogP contribution in [-0.2, 0) is 4.79 Å². The summed E-state index contributed by atoms with van der Waals surface area (Å²) in [5.41, 5.74) is 0.441. The highest BCUT2D eigenvalue weighted by molar-refractivity contribution is 14.1. The van der Waals surface area contributed by atoms with Gasteiger partial charge in [-0.3, -0.25) is 4.79 Å². The largest absolute Gasteiger partial charge is 0.480 e. The van der Waals surface area contributed by atoms with Crippen molar-refractivity contribution in [2.24, 2.45) is 0 Å². The molecule has 1 aromatic rings. The van der Waals surface area contributed by atoms with Gasteiger partial charge in [0.1, 0.15) is 6.04 Å². The maximum absolute atomic E-state index is 11.8. The van der Waals surface area contributed by atoms with E-state index in [4.69, 9.17) is 11.5 Å². The van der Waals surface area contributed by atoms with Crippen LogP contribution in [0.4, 0.5) is 0 Å². The first kappa shape index (κ1) is 13.5. The maximum Gasteiger partial charge on any atom is 0.327 e. The van der Waals surface area contributed by atoms with E-state index in [1.54, 1.807) is 24.3 Å². The lowest BCUT2D eigenvalue weighted by atomic mass is 10.1. The highest BCUT2D eigenvalue weighted by Crippen LogP contribution is 2.11. The van der Waals surface area contributed by atoms with E-state index < -0.39 is 17.9 Å². The van der Waals surface area contributed by atoms with E-state index >= 15 is 0 Å². The van der Waals surface area contributed by atoms with Gasteiger partial charge in [0.2, 0.25) is 0 Å². The summed E-state index contributed by atoms with van der Waals surface area (Å²) in [6, 6.07) is 5.87. The molecule has 0 spiro atoms. The SMILES string of the molecule is C#CCC(NC(=O)c1ccccc1I)C(=O)O. The molecule has 2 N–H and O–H groups in total. The quantitative estimate of drug-likeness (QED) is 0.643. The molecule has 88 valence electrons. The number of carboxylic acids is 1. The van der Waals surface area contributed by atoms with Crippen molar-refractivity contribution in [3.63, 3.8) is 0 Å². The first-order valence-corrected chi connectivity index (χ1v) is 5.85. The van der Waals surface area contributed by atoms with Crippen molar-refractivity contribution in [3.8, 4) is 12.3 Å². The molecule has 5 heteroatoms. The molecule has 0 saturated heterocycles. The molecule has 1 unspecified atom stereocenters. The molecular formula is C12H10INO3. The highest BCUT2D eigenvalue weighted by atomic mass is 127. The van der Waals surface area contributed by atoms with Gasteiger partial charge in [0.15, 0.2) is 0 Å². The Hall–Kier alpha value is -1.55. The van der Waals surface area contributed by atoms with Crippen LogP contribution in [-0.4, -0.2) is 23.0 Å². The fraction of sp³-hybridized carbons (Fsp3) is 0.167. The van der Waals surface area contributed by atoms with Crippen molar-refractivity contribution in [1.29, 1.82) is 0 Å². The summed E-state index contributed by atoms with van der Waals surface area (Å²) in [5.74, 6) is 0.654. The number of halogens is 1. The van der Waals surface area contributed by atoms with E-state index in [9.17, 15) is 9.59 Å². The number of carbonyl (C=O) groups excluding carboxylic acids is 1. The molecule has 1 aromatic carbocycles. The van der Waals surface area contributed by atoms with Gasteiger partial charge < -0.3 is 10.4 Å². The minimum atomic E-state index is -1.14. The zero-order chi connectivity index (χ0) is 12.8. The van der Waals surface area contributed by atoms with E-state index in [0.717, 1.165) is 3.57 Å². The van der Waals surface area contributed by atoms with E-state index in [2.05, 4.69) is 11.2 Å². The maximum atomic E-state index is 11.8. The van der Waals surface area contributed by atoms with Gasteiger partial charge in [-0.25, -0.2) is 4.79 Å². The first-order valence-electron chi connectivity index (χ1n) is 4.78. The number of hydrogen-bond donors (Lipinski definition) is 2. The van der Waals surface area contributed by atoms with Gasteiger partial charge >= 0.3 is 5.97 Å². The Bertz CT molecular complexity index is 479. The summed E-state index contributed by atoms with van der Waals surface area (Å²) in [4.78, 5) is 22.6. The van der Waals surface area contributed by atoms with Gasteiger partial charge in [-0.2, -0.15) is 0 Å². The molecule has 1 atom stereocenters. The normalized spacial score (nSPS) is 11.3. The van der Waals surface area contributed by atoms with Crippen LogP contribution in [0.25, 0.3) is 0 Å². The van der Waals surface area contributed by atoms with Crippen LogP contribution in [0.15, 0.2) is 24.3 Å². The fourth-order valence-electron chi connectivity index (χ4n) is 1.20. The van der Waals surface area contributed by atoms with Crippen LogP contribution in [0.5, 0.6) is 0 Å². The van der Waals surface area contributed by atoms with Crippen LogP contribution >= 0.6 is 22.6 Å². The Morgan fingerprint density at radius 2 is 2.12 bits per heavy atom. The minimum Gasteiger partial charge on any atom is -0.480 e. The third-order valence-corrected chi connectivity index (χ3v) is 2.98. The zero-order valence-corrected chi connectivity index (χ0v) is 11.0. The average Bonchev–Trinajstić information content (AvgIpc) is 2.28. The number of rotatable bonds is 4. The Balaban J connectivity index is 2.82. The second kappa shape index (κ2) is 6.25. The molecule has 1 rings (SSSR count). The Kier molecular flexibility index (Phi) is 4.97. The fourth-order valence-corrected chi connectivity index (χ4v) is 1.83. The van der Waals surface area contributed by atoms with Crippen molar-refractivity contribution in [2.75, 3.05) is 0 Å². The molecule has 0 aliphatic rings. The number of carboxylic acid groups (broad SMARTS) is 1. The number of amides is 1. The van der Waals surface area contributed by atoms with Crippen molar-refractivity contribution in [1.82, 2.24) is 5.32 Å². The summed E-state index contributed by atoms with van der Waals surface area (Å²) >= 11 is 2.01. The van der Waals surface area contributed by atoms with Crippen LogP contribution in [0.3, 0.4) is 0 Å². The average molecular weight is 343 g/mol. The number of benzene rings is 1. The van der Waals surface area contributed by atoms with Gasteiger partial charge in [0.25, 0.3) is 5.91 Å². The molecule has 0 radical (unpaired) electrons. The molecule has 0 saturated carbocycles. The van der Waals surface area contributed by atoms with Crippen LogP contribution in [0.1, 0.15) is 16.8 Å². The molecule has 0 bridgehead atoms. The first-order chi connectivity index (χ1) is 8.06. The lowest BCUT2D eigenvalue weighted by Gasteiger charge is -2.12. The molecule has 0 aliphatic heterocycles.